The summed E-state index contributed by atoms with van der Waals surface area (Å²) in [5.41, 5.74) is 1.09. The van der Waals surface area contributed by atoms with Gasteiger partial charge in [0.05, 0.1) is 13.7 Å². The third kappa shape index (κ3) is 2.02. The van der Waals surface area contributed by atoms with Crippen molar-refractivity contribution in [1.82, 2.24) is 10.2 Å². The van der Waals surface area contributed by atoms with E-state index in [2.05, 4.69) is 17.1 Å². The maximum absolute atomic E-state index is 11.3. The number of hydrogen-bond acceptors (Lipinski definition) is 3. The molecule has 1 heterocycles. The van der Waals surface area contributed by atoms with E-state index in [4.69, 9.17) is 4.74 Å². The van der Waals surface area contributed by atoms with Gasteiger partial charge < -0.3 is 10.1 Å². The van der Waals surface area contributed by atoms with Crippen molar-refractivity contribution in [3.05, 3.63) is 29.8 Å². The van der Waals surface area contributed by atoms with Gasteiger partial charge in [-0.15, -0.1) is 0 Å². The predicted octanol–water partition coefficient (Wildman–Crippen LogP) is 1.15. The molecule has 16 heavy (non-hydrogen) atoms. The first-order valence-electron chi connectivity index (χ1n) is 5.42. The van der Waals surface area contributed by atoms with Gasteiger partial charge in [-0.05, 0) is 24.2 Å². The monoisotopic (exact) mass is 220 g/mol. The van der Waals surface area contributed by atoms with E-state index in [1.165, 1.54) is 0 Å². The van der Waals surface area contributed by atoms with Crippen molar-refractivity contribution in [2.45, 2.75) is 13.1 Å². The zero-order valence-corrected chi connectivity index (χ0v) is 9.56. The largest absolute Gasteiger partial charge is 0.497 e. The van der Waals surface area contributed by atoms with E-state index in [0.29, 0.717) is 6.54 Å². The van der Waals surface area contributed by atoms with Crippen LogP contribution < -0.4 is 10.1 Å². The Kier molecular flexibility index (Phi) is 3.10. The second-order valence-electron chi connectivity index (χ2n) is 3.81. The van der Waals surface area contributed by atoms with E-state index in [9.17, 15) is 4.79 Å². The molecule has 1 fully saturated rings. The Bertz CT molecular complexity index is 375. The van der Waals surface area contributed by atoms with Crippen LogP contribution in [0.5, 0.6) is 5.75 Å². The average Bonchev–Trinajstić information content (AvgIpc) is 2.70. The van der Waals surface area contributed by atoms with Crippen LogP contribution in [0.1, 0.15) is 18.7 Å². The Hall–Kier alpha value is -1.55. The first-order chi connectivity index (χ1) is 7.74. The molecule has 1 atom stereocenters. The second-order valence-corrected chi connectivity index (χ2v) is 3.81. The number of methoxy groups -OCH3 is 1. The number of likely N-dealkylation sites (N-methyl/N-ethyl adjacent to an activating group) is 1. The molecule has 1 aromatic rings. The highest BCUT2D eigenvalue weighted by Crippen LogP contribution is 2.23. The number of ether oxygens (including phenoxy) is 1. The Morgan fingerprint density at radius 3 is 2.69 bits per heavy atom. The van der Waals surface area contributed by atoms with Crippen LogP contribution in [0.2, 0.25) is 0 Å². The fourth-order valence-electron chi connectivity index (χ4n) is 1.94. The highest BCUT2D eigenvalue weighted by molar-refractivity contribution is 5.80. The van der Waals surface area contributed by atoms with Crippen LogP contribution in [0.3, 0.4) is 0 Å². The molecule has 1 aliphatic rings. The standard InChI is InChI=1S/C12H16N2O2/c1-3-14-8-11(15)13-12(14)9-4-6-10(16-2)7-5-9/h4-7,12H,3,8H2,1-2H3,(H,13,15)/t12-/m0/s1. The first kappa shape index (κ1) is 11.0. The van der Waals surface area contributed by atoms with Gasteiger partial charge >= 0.3 is 0 Å². The molecule has 2 rings (SSSR count). The van der Waals surface area contributed by atoms with Crippen molar-refractivity contribution in [3.8, 4) is 5.75 Å². The molecule has 0 spiro atoms. The minimum absolute atomic E-state index is 0.00315. The summed E-state index contributed by atoms with van der Waals surface area (Å²) in [7, 11) is 1.64. The normalized spacial score (nSPS) is 20.9. The molecular formula is C12H16N2O2. The molecule has 4 nitrogen and oxygen atoms in total. The summed E-state index contributed by atoms with van der Waals surface area (Å²) in [5.74, 6) is 0.916. The van der Waals surface area contributed by atoms with Crippen molar-refractivity contribution >= 4 is 5.91 Å². The Morgan fingerprint density at radius 2 is 2.12 bits per heavy atom. The minimum atomic E-state index is 0.00315. The Labute approximate surface area is 95.2 Å². The highest BCUT2D eigenvalue weighted by Gasteiger charge is 2.29. The third-order valence-corrected chi connectivity index (χ3v) is 2.85. The summed E-state index contributed by atoms with van der Waals surface area (Å²) in [4.78, 5) is 13.4. The van der Waals surface area contributed by atoms with Gasteiger partial charge in [0.2, 0.25) is 5.91 Å². The van der Waals surface area contributed by atoms with E-state index in [1.807, 2.05) is 24.3 Å². The summed E-state index contributed by atoms with van der Waals surface area (Å²) in [6.45, 7) is 3.39. The molecular weight excluding hydrogens is 204 g/mol. The summed E-state index contributed by atoms with van der Waals surface area (Å²) in [5, 5.41) is 2.95. The Balaban J connectivity index is 2.19. The van der Waals surface area contributed by atoms with Crippen LogP contribution in [-0.4, -0.2) is 31.0 Å². The SMILES string of the molecule is CCN1CC(=O)N[C@@H]1c1ccc(OC)cc1. The van der Waals surface area contributed by atoms with Crippen LogP contribution in [0.4, 0.5) is 0 Å². The Morgan fingerprint density at radius 1 is 1.44 bits per heavy atom. The van der Waals surface area contributed by atoms with Crippen molar-refractivity contribution in [2.24, 2.45) is 0 Å². The molecule has 1 N–H and O–H groups in total. The molecule has 1 saturated heterocycles. The van der Waals surface area contributed by atoms with Gasteiger partial charge in [0.1, 0.15) is 11.9 Å². The lowest BCUT2D eigenvalue weighted by Crippen LogP contribution is -2.27. The van der Waals surface area contributed by atoms with E-state index in [1.54, 1.807) is 7.11 Å². The summed E-state index contributed by atoms with van der Waals surface area (Å²) >= 11 is 0. The zero-order valence-electron chi connectivity index (χ0n) is 9.56. The lowest BCUT2D eigenvalue weighted by Gasteiger charge is -2.21. The van der Waals surface area contributed by atoms with Crippen LogP contribution >= 0.6 is 0 Å². The maximum atomic E-state index is 11.3. The van der Waals surface area contributed by atoms with Crippen LogP contribution in [0.25, 0.3) is 0 Å². The van der Waals surface area contributed by atoms with Gasteiger partial charge in [-0.25, -0.2) is 0 Å². The lowest BCUT2D eigenvalue weighted by atomic mass is 10.1. The smallest absolute Gasteiger partial charge is 0.235 e. The van der Waals surface area contributed by atoms with Crippen molar-refractivity contribution < 1.29 is 9.53 Å². The van der Waals surface area contributed by atoms with Crippen LogP contribution in [0, 0.1) is 0 Å². The summed E-state index contributed by atoms with van der Waals surface area (Å²) in [6, 6.07) is 7.79. The van der Waals surface area contributed by atoms with E-state index in [0.717, 1.165) is 17.9 Å². The number of carbonyl (C=O) groups excluding carboxylic acids is 1. The lowest BCUT2D eigenvalue weighted by molar-refractivity contribution is -0.118. The molecule has 0 aliphatic carbocycles. The maximum Gasteiger partial charge on any atom is 0.235 e. The molecule has 1 aromatic carbocycles. The number of benzene rings is 1. The molecule has 0 saturated carbocycles. The molecule has 0 bridgehead atoms. The van der Waals surface area contributed by atoms with Crippen LogP contribution in [0.15, 0.2) is 24.3 Å². The molecule has 0 aromatic heterocycles. The average molecular weight is 220 g/mol. The zero-order chi connectivity index (χ0) is 11.5. The molecule has 4 heteroatoms. The van der Waals surface area contributed by atoms with Crippen molar-refractivity contribution in [3.63, 3.8) is 0 Å². The molecule has 1 amide bonds. The summed E-state index contributed by atoms with van der Waals surface area (Å²) < 4.78 is 5.11. The van der Waals surface area contributed by atoms with Crippen molar-refractivity contribution in [2.75, 3.05) is 20.2 Å². The van der Waals surface area contributed by atoms with Crippen LogP contribution in [-0.2, 0) is 4.79 Å². The van der Waals surface area contributed by atoms with E-state index < -0.39 is 0 Å². The molecule has 0 unspecified atom stereocenters. The van der Waals surface area contributed by atoms with Gasteiger partial charge in [-0.3, -0.25) is 9.69 Å². The molecule has 0 radical (unpaired) electrons. The quantitative estimate of drug-likeness (QED) is 0.830. The van der Waals surface area contributed by atoms with Gasteiger partial charge in [-0.2, -0.15) is 0 Å². The van der Waals surface area contributed by atoms with Gasteiger partial charge in [0, 0.05) is 0 Å². The number of nitrogens with zero attached hydrogens (tertiary/aromatic N) is 1. The number of hydrogen-bond donors (Lipinski definition) is 1. The van der Waals surface area contributed by atoms with Gasteiger partial charge in [0.15, 0.2) is 0 Å². The van der Waals surface area contributed by atoms with Gasteiger partial charge in [-0.1, -0.05) is 19.1 Å². The second kappa shape index (κ2) is 4.53. The van der Waals surface area contributed by atoms with E-state index >= 15 is 0 Å². The fraction of sp³-hybridized carbons (Fsp3) is 0.417. The van der Waals surface area contributed by atoms with Gasteiger partial charge in [0.25, 0.3) is 0 Å². The first-order valence-corrected chi connectivity index (χ1v) is 5.42. The fourth-order valence-corrected chi connectivity index (χ4v) is 1.94. The number of rotatable bonds is 3. The molecule has 1 aliphatic heterocycles. The molecule has 86 valence electrons. The van der Waals surface area contributed by atoms with Crippen molar-refractivity contribution in [1.29, 1.82) is 0 Å². The summed E-state index contributed by atoms with van der Waals surface area (Å²) in [6.07, 6.45) is 0.00315. The predicted molar refractivity (Wildman–Crippen MR) is 61.1 cm³/mol. The highest BCUT2D eigenvalue weighted by atomic mass is 16.5. The number of carbonyl (C=O) groups is 1. The minimum Gasteiger partial charge on any atom is -0.497 e. The number of amides is 1. The van der Waals surface area contributed by atoms with E-state index in [-0.39, 0.29) is 12.1 Å². The topological polar surface area (TPSA) is 41.6 Å². The number of nitrogens with one attached hydrogen (secondary N) is 1. The third-order valence-electron chi connectivity index (χ3n) is 2.85.